The van der Waals surface area contributed by atoms with E-state index in [-0.39, 0.29) is 12.6 Å². The lowest BCUT2D eigenvalue weighted by Crippen LogP contribution is -2.02. The molecule has 0 unspecified atom stereocenters. The molecule has 0 aromatic heterocycles. The Hall–Kier alpha value is -1.19. The van der Waals surface area contributed by atoms with E-state index in [0.29, 0.717) is 22.4 Å². The lowest BCUT2D eigenvalue weighted by atomic mass is 10.3. The predicted octanol–water partition coefficient (Wildman–Crippen LogP) is 2.86. The largest absolute Gasteiger partial charge is 0.489 e. The number of benzene rings is 1. The molecule has 0 radical (unpaired) electrons. The minimum absolute atomic E-state index is 0.285. The van der Waals surface area contributed by atoms with E-state index in [9.17, 15) is 4.79 Å². The first kappa shape index (κ1) is 11.3. The topological polar surface area (TPSA) is 35.5 Å². The molecular formula is C11H8Cl2O3. The summed E-state index contributed by atoms with van der Waals surface area (Å²) in [4.78, 5) is 10.8. The molecule has 0 saturated carbocycles. The first-order valence-electron chi connectivity index (χ1n) is 4.58. The highest BCUT2D eigenvalue weighted by atomic mass is 35.5. The van der Waals surface area contributed by atoms with Crippen molar-refractivity contribution >= 4 is 29.2 Å². The number of ether oxygens (including phenoxy) is 2. The Morgan fingerprint density at radius 2 is 1.94 bits per heavy atom. The normalized spacial score (nSPS) is 14.6. The van der Waals surface area contributed by atoms with Crippen molar-refractivity contribution < 1.29 is 14.3 Å². The monoisotopic (exact) mass is 258 g/mol. The Morgan fingerprint density at radius 3 is 2.50 bits per heavy atom. The highest BCUT2D eigenvalue weighted by Crippen LogP contribution is 2.24. The molecule has 0 spiro atoms. The minimum atomic E-state index is -0.331. The van der Waals surface area contributed by atoms with Gasteiger partial charge in [-0.1, -0.05) is 23.2 Å². The summed E-state index contributed by atoms with van der Waals surface area (Å²) in [5, 5.41) is 1.02. The standard InChI is InChI=1S/C11H8Cl2O3/c12-8-2-9(13)4-10(3-8)15-5-7-1-11(14)16-6-7/h1-4H,5-6H2. The van der Waals surface area contributed by atoms with Gasteiger partial charge in [-0.05, 0) is 18.2 Å². The molecule has 16 heavy (non-hydrogen) atoms. The van der Waals surface area contributed by atoms with Crippen molar-refractivity contribution in [2.24, 2.45) is 0 Å². The Bertz CT molecular complexity index is 434. The molecule has 2 rings (SSSR count). The summed E-state index contributed by atoms with van der Waals surface area (Å²) in [6.45, 7) is 0.579. The molecule has 84 valence electrons. The molecule has 1 heterocycles. The fourth-order valence-corrected chi connectivity index (χ4v) is 1.79. The summed E-state index contributed by atoms with van der Waals surface area (Å²) in [5.41, 5.74) is 0.793. The number of halogens is 2. The van der Waals surface area contributed by atoms with E-state index in [0.717, 1.165) is 5.57 Å². The highest BCUT2D eigenvalue weighted by molar-refractivity contribution is 6.34. The van der Waals surface area contributed by atoms with Crippen LogP contribution in [0.2, 0.25) is 10.0 Å². The second kappa shape index (κ2) is 4.76. The van der Waals surface area contributed by atoms with Crippen molar-refractivity contribution in [1.82, 2.24) is 0 Å². The van der Waals surface area contributed by atoms with Crippen LogP contribution in [-0.4, -0.2) is 19.2 Å². The van der Waals surface area contributed by atoms with Gasteiger partial charge in [0, 0.05) is 21.7 Å². The molecule has 0 N–H and O–H groups in total. The molecule has 3 nitrogen and oxygen atoms in total. The van der Waals surface area contributed by atoms with Gasteiger partial charge in [0.2, 0.25) is 0 Å². The average molecular weight is 259 g/mol. The van der Waals surface area contributed by atoms with Crippen molar-refractivity contribution in [3.8, 4) is 5.75 Å². The van der Waals surface area contributed by atoms with Crippen LogP contribution in [0.1, 0.15) is 0 Å². The molecule has 1 aliphatic rings. The smallest absolute Gasteiger partial charge is 0.331 e. The van der Waals surface area contributed by atoms with Gasteiger partial charge in [0.15, 0.2) is 0 Å². The molecule has 0 amide bonds. The van der Waals surface area contributed by atoms with Gasteiger partial charge in [0.05, 0.1) is 0 Å². The van der Waals surface area contributed by atoms with E-state index in [4.69, 9.17) is 32.7 Å². The van der Waals surface area contributed by atoms with Gasteiger partial charge < -0.3 is 9.47 Å². The molecule has 1 aliphatic heterocycles. The SMILES string of the molecule is O=C1C=C(COc2cc(Cl)cc(Cl)c2)CO1. The Morgan fingerprint density at radius 1 is 1.25 bits per heavy atom. The summed E-state index contributed by atoms with van der Waals surface area (Å²) in [6.07, 6.45) is 1.42. The number of hydrogen-bond acceptors (Lipinski definition) is 3. The van der Waals surface area contributed by atoms with Gasteiger partial charge in [-0.2, -0.15) is 0 Å². The van der Waals surface area contributed by atoms with Crippen molar-refractivity contribution in [3.63, 3.8) is 0 Å². The van der Waals surface area contributed by atoms with Gasteiger partial charge in [-0.15, -0.1) is 0 Å². The molecule has 1 aromatic carbocycles. The van der Waals surface area contributed by atoms with Crippen molar-refractivity contribution in [2.75, 3.05) is 13.2 Å². The van der Waals surface area contributed by atoms with Crippen LogP contribution in [0, 0.1) is 0 Å². The molecule has 0 aliphatic carbocycles. The molecule has 5 heteroatoms. The van der Waals surface area contributed by atoms with Crippen LogP contribution in [0.3, 0.4) is 0 Å². The van der Waals surface area contributed by atoms with Crippen LogP contribution in [-0.2, 0) is 9.53 Å². The zero-order valence-corrected chi connectivity index (χ0v) is 9.72. The number of cyclic esters (lactones) is 1. The van der Waals surface area contributed by atoms with Crippen molar-refractivity contribution in [3.05, 3.63) is 39.9 Å². The number of carbonyl (C=O) groups is 1. The summed E-state index contributed by atoms with van der Waals surface area (Å²) >= 11 is 11.6. The van der Waals surface area contributed by atoms with Crippen LogP contribution in [0.15, 0.2) is 29.8 Å². The quantitative estimate of drug-likeness (QED) is 0.783. The Labute approximate surface area is 103 Å². The highest BCUT2D eigenvalue weighted by Gasteiger charge is 2.13. The lowest BCUT2D eigenvalue weighted by Gasteiger charge is -2.06. The average Bonchev–Trinajstić information content (AvgIpc) is 2.60. The van der Waals surface area contributed by atoms with Gasteiger partial charge in [-0.3, -0.25) is 0 Å². The van der Waals surface area contributed by atoms with Crippen LogP contribution in [0.5, 0.6) is 5.75 Å². The van der Waals surface area contributed by atoms with Crippen molar-refractivity contribution in [1.29, 1.82) is 0 Å². The zero-order chi connectivity index (χ0) is 11.5. The Kier molecular flexibility index (Phi) is 3.36. The summed E-state index contributed by atoms with van der Waals surface area (Å²) in [7, 11) is 0. The molecule has 0 atom stereocenters. The summed E-state index contributed by atoms with van der Waals surface area (Å²) in [5.74, 6) is 0.237. The number of carbonyl (C=O) groups excluding carboxylic acids is 1. The van der Waals surface area contributed by atoms with Crippen molar-refractivity contribution in [2.45, 2.75) is 0 Å². The molecular weight excluding hydrogens is 251 g/mol. The van der Waals surface area contributed by atoms with E-state index >= 15 is 0 Å². The van der Waals surface area contributed by atoms with Crippen LogP contribution in [0.4, 0.5) is 0 Å². The Balaban J connectivity index is 1.99. The maximum Gasteiger partial charge on any atom is 0.331 e. The van der Waals surface area contributed by atoms with Crippen LogP contribution in [0.25, 0.3) is 0 Å². The van der Waals surface area contributed by atoms with E-state index in [1.165, 1.54) is 6.08 Å². The maximum absolute atomic E-state index is 10.8. The molecule has 0 saturated heterocycles. The number of hydrogen-bond donors (Lipinski definition) is 0. The molecule has 1 aromatic rings. The minimum Gasteiger partial charge on any atom is -0.489 e. The first-order chi connectivity index (χ1) is 7.63. The second-order valence-corrected chi connectivity index (χ2v) is 4.18. The number of rotatable bonds is 3. The van der Waals surface area contributed by atoms with Gasteiger partial charge >= 0.3 is 5.97 Å². The van der Waals surface area contributed by atoms with Gasteiger partial charge in [-0.25, -0.2) is 4.79 Å². The van der Waals surface area contributed by atoms with E-state index in [2.05, 4.69) is 0 Å². The van der Waals surface area contributed by atoms with Crippen LogP contribution >= 0.6 is 23.2 Å². The molecule has 0 bridgehead atoms. The third-order valence-electron chi connectivity index (χ3n) is 1.98. The van der Waals surface area contributed by atoms with Gasteiger partial charge in [0.25, 0.3) is 0 Å². The zero-order valence-electron chi connectivity index (χ0n) is 8.20. The fraction of sp³-hybridized carbons (Fsp3) is 0.182. The summed E-state index contributed by atoms with van der Waals surface area (Å²) in [6, 6.07) is 4.94. The van der Waals surface area contributed by atoms with Gasteiger partial charge in [0.1, 0.15) is 19.0 Å². The van der Waals surface area contributed by atoms with Crippen LogP contribution < -0.4 is 4.74 Å². The second-order valence-electron chi connectivity index (χ2n) is 3.30. The molecule has 0 fully saturated rings. The maximum atomic E-state index is 10.8. The predicted molar refractivity (Wildman–Crippen MR) is 61.0 cm³/mol. The summed E-state index contributed by atoms with van der Waals surface area (Å²) < 4.78 is 10.2. The first-order valence-corrected chi connectivity index (χ1v) is 5.34. The van der Waals surface area contributed by atoms with E-state index < -0.39 is 0 Å². The van der Waals surface area contributed by atoms with E-state index in [1.54, 1.807) is 18.2 Å². The lowest BCUT2D eigenvalue weighted by molar-refractivity contribution is -0.134. The third-order valence-corrected chi connectivity index (χ3v) is 2.42. The third kappa shape index (κ3) is 2.90. The number of esters is 1. The fourth-order valence-electron chi connectivity index (χ4n) is 1.29. The van der Waals surface area contributed by atoms with E-state index in [1.807, 2.05) is 0 Å².